The summed E-state index contributed by atoms with van der Waals surface area (Å²) in [5.41, 5.74) is 8.76. The molecule has 9 heteroatoms. The van der Waals surface area contributed by atoms with E-state index in [9.17, 15) is 4.79 Å². The number of fused-ring (bicyclic) bond motifs is 1. The Bertz CT molecular complexity index is 1390. The number of nitrogen functional groups attached to an aromatic ring is 1. The van der Waals surface area contributed by atoms with Crippen molar-refractivity contribution in [2.75, 3.05) is 12.8 Å². The summed E-state index contributed by atoms with van der Waals surface area (Å²) in [4.78, 5) is 21.6. The molecular weight excluding hydrogens is 490 g/mol. The first kappa shape index (κ1) is 26.6. The first-order chi connectivity index (χ1) is 18.9. The van der Waals surface area contributed by atoms with Crippen LogP contribution >= 0.6 is 0 Å². The maximum absolute atomic E-state index is 12.8. The molecule has 204 valence electrons. The van der Waals surface area contributed by atoms with Gasteiger partial charge >= 0.3 is 0 Å². The number of nitrogens with one attached hydrogen (secondary N) is 2. The standard InChI is InChI=1S/C30H37N7O2/c1-19(2)17-25(32-3)30(38)35-21-11-13-22(14-12-21)37-29-26(28(31)33-18-34-29)27(36-37)20-9-15-24(16-10-20)39-23-7-5-4-6-8-23/h4-10,15-16,18-19,21-22,25,32H,11-14,17H2,1-3H3,(H,35,38)(H2,31,33,34)/t21-,22-,25-/m0/s1. The van der Waals surface area contributed by atoms with E-state index in [-0.39, 0.29) is 24.0 Å². The van der Waals surface area contributed by atoms with Crippen molar-refractivity contribution in [1.82, 2.24) is 30.4 Å². The average molecular weight is 528 g/mol. The molecule has 0 radical (unpaired) electrons. The summed E-state index contributed by atoms with van der Waals surface area (Å²) in [6, 6.07) is 17.7. The highest BCUT2D eigenvalue weighted by Crippen LogP contribution is 2.36. The zero-order valence-electron chi connectivity index (χ0n) is 22.8. The zero-order chi connectivity index (χ0) is 27.4. The van der Waals surface area contributed by atoms with Gasteiger partial charge in [-0.3, -0.25) is 4.79 Å². The smallest absolute Gasteiger partial charge is 0.237 e. The van der Waals surface area contributed by atoms with E-state index in [1.54, 1.807) is 0 Å². The summed E-state index contributed by atoms with van der Waals surface area (Å²) in [7, 11) is 1.85. The molecule has 1 aliphatic carbocycles. The third kappa shape index (κ3) is 6.04. The Morgan fingerprint density at radius 2 is 1.72 bits per heavy atom. The molecule has 2 aromatic heterocycles. The highest BCUT2D eigenvalue weighted by molar-refractivity contribution is 5.98. The fourth-order valence-corrected chi connectivity index (χ4v) is 5.35. The first-order valence-electron chi connectivity index (χ1n) is 13.7. The minimum absolute atomic E-state index is 0.0849. The molecule has 39 heavy (non-hydrogen) atoms. The van der Waals surface area contributed by atoms with Crippen LogP contribution in [0.1, 0.15) is 52.0 Å². The fourth-order valence-electron chi connectivity index (χ4n) is 5.35. The van der Waals surface area contributed by atoms with Crippen LogP contribution in [0, 0.1) is 5.92 Å². The van der Waals surface area contributed by atoms with Crippen LogP contribution in [0.4, 0.5) is 5.82 Å². The van der Waals surface area contributed by atoms with Crippen LogP contribution in [0.2, 0.25) is 0 Å². The summed E-state index contributed by atoms with van der Waals surface area (Å²) in [6.45, 7) is 4.27. The summed E-state index contributed by atoms with van der Waals surface area (Å²) < 4.78 is 7.95. The molecule has 9 nitrogen and oxygen atoms in total. The van der Waals surface area contributed by atoms with Crippen molar-refractivity contribution in [1.29, 1.82) is 0 Å². The molecule has 0 unspecified atom stereocenters. The number of rotatable bonds is 9. The van der Waals surface area contributed by atoms with Crippen molar-refractivity contribution < 1.29 is 9.53 Å². The molecule has 5 rings (SSSR count). The molecule has 1 saturated carbocycles. The summed E-state index contributed by atoms with van der Waals surface area (Å²) in [5.74, 6) is 2.47. The number of aromatic nitrogens is 4. The normalized spacial score (nSPS) is 18.3. The largest absolute Gasteiger partial charge is 0.457 e. The van der Waals surface area contributed by atoms with Gasteiger partial charge in [0.2, 0.25) is 5.91 Å². The number of para-hydroxylation sites is 1. The second-order valence-electron chi connectivity index (χ2n) is 10.7. The molecule has 4 N–H and O–H groups in total. The van der Waals surface area contributed by atoms with Crippen molar-refractivity contribution in [2.45, 2.75) is 64.1 Å². The van der Waals surface area contributed by atoms with Crippen molar-refractivity contribution in [3.63, 3.8) is 0 Å². The van der Waals surface area contributed by atoms with E-state index in [1.165, 1.54) is 6.33 Å². The Labute approximate surface area is 229 Å². The minimum Gasteiger partial charge on any atom is -0.457 e. The maximum atomic E-state index is 12.8. The SMILES string of the molecule is CN[C@@H](CC(C)C)C(=O)N[C@H]1CC[C@H](n2nc(-c3ccc(Oc4ccccc4)cc3)c3c(N)ncnc32)CC1. The fraction of sp³-hybridized carbons (Fsp3) is 0.400. The van der Waals surface area contributed by atoms with Crippen LogP contribution in [-0.2, 0) is 4.79 Å². The monoisotopic (exact) mass is 527 g/mol. The van der Waals surface area contributed by atoms with Gasteiger partial charge in [0.15, 0.2) is 5.65 Å². The molecule has 2 aromatic carbocycles. The number of amides is 1. The maximum Gasteiger partial charge on any atom is 0.237 e. The number of hydrogen-bond acceptors (Lipinski definition) is 7. The topological polar surface area (TPSA) is 120 Å². The van der Waals surface area contributed by atoms with E-state index in [0.717, 1.165) is 65.9 Å². The van der Waals surface area contributed by atoms with E-state index in [4.69, 9.17) is 15.6 Å². The van der Waals surface area contributed by atoms with Crippen molar-refractivity contribution >= 4 is 22.8 Å². The molecule has 0 spiro atoms. The lowest BCUT2D eigenvalue weighted by Crippen LogP contribution is -2.48. The van der Waals surface area contributed by atoms with Crippen LogP contribution in [0.5, 0.6) is 11.5 Å². The van der Waals surface area contributed by atoms with Gasteiger partial charge in [0.25, 0.3) is 0 Å². The Morgan fingerprint density at radius 3 is 2.38 bits per heavy atom. The third-order valence-electron chi connectivity index (χ3n) is 7.39. The predicted molar refractivity (Wildman–Crippen MR) is 153 cm³/mol. The van der Waals surface area contributed by atoms with Gasteiger partial charge in [-0.15, -0.1) is 0 Å². The zero-order valence-corrected chi connectivity index (χ0v) is 22.8. The van der Waals surface area contributed by atoms with Gasteiger partial charge in [0, 0.05) is 11.6 Å². The highest BCUT2D eigenvalue weighted by Gasteiger charge is 2.29. The number of ether oxygens (including phenoxy) is 1. The van der Waals surface area contributed by atoms with Crippen molar-refractivity contribution in [3.05, 3.63) is 60.9 Å². The van der Waals surface area contributed by atoms with Gasteiger partial charge < -0.3 is 21.1 Å². The molecule has 1 fully saturated rings. The van der Waals surface area contributed by atoms with Gasteiger partial charge in [0.1, 0.15) is 29.3 Å². The predicted octanol–water partition coefficient (Wildman–Crippen LogP) is 5.10. The summed E-state index contributed by atoms with van der Waals surface area (Å²) in [6.07, 6.45) is 5.87. The molecule has 1 aliphatic rings. The van der Waals surface area contributed by atoms with Crippen LogP contribution in [0.25, 0.3) is 22.3 Å². The van der Waals surface area contributed by atoms with Crippen molar-refractivity contribution in [2.24, 2.45) is 5.92 Å². The first-order valence-corrected chi connectivity index (χ1v) is 13.7. The summed E-state index contributed by atoms with van der Waals surface area (Å²) in [5, 5.41) is 12.2. The molecule has 2 heterocycles. The molecule has 0 bridgehead atoms. The molecule has 1 atom stereocenters. The van der Waals surface area contributed by atoms with Gasteiger partial charge in [-0.1, -0.05) is 32.0 Å². The average Bonchev–Trinajstić information content (AvgIpc) is 3.34. The van der Waals surface area contributed by atoms with Gasteiger partial charge in [-0.2, -0.15) is 5.10 Å². The van der Waals surface area contributed by atoms with Gasteiger partial charge in [0.05, 0.1) is 17.5 Å². The Morgan fingerprint density at radius 1 is 1.03 bits per heavy atom. The van der Waals surface area contributed by atoms with Crippen LogP contribution < -0.4 is 21.1 Å². The molecule has 1 amide bonds. The van der Waals surface area contributed by atoms with Crippen molar-refractivity contribution in [3.8, 4) is 22.8 Å². The number of nitrogens with zero attached hydrogens (tertiary/aromatic N) is 4. The number of anilines is 1. The Balaban J connectivity index is 1.32. The Hall–Kier alpha value is -3.98. The molecule has 0 saturated heterocycles. The summed E-state index contributed by atoms with van der Waals surface area (Å²) >= 11 is 0. The minimum atomic E-state index is -0.163. The Kier molecular flexibility index (Phi) is 8.07. The number of nitrogens with two attached hydrogens (primary N) is 1. The van der Waals surface area contributed by atoms with E-state index in [0.29, 0.717) is 11.7 Å². The lowest BCUT2D eigenvalue weighted by molar-refractivity contribution is -0.124. The van der Waals surface area contributed by atoms with E-state index in [1.807, 2.05) is 66.3 Å². The molecule has 0 aliphatic heterocycles. The number of carbonyl (C=O) groups excluding carboxylic acids is 1. The second-order valence-corrected chi connectivity index (χ2v) is 10.7. The second kappa shape index (κ2) is 11.8. The van der Waals surface area contributed by atoms with E-state index < -0.39 is 0 Å². The third-order valence-corrected chi connectivity index (χ3v) is 7.39. The number of hydrogen-bond donors (Lipinski definition) is 3. The number of carbonyl (C=O) groups is 1. The highest BCUT2D eigenvalue weighted by atomic mass is 16.5. The number of likely N-dealkylation sites (N-methyl/N-ethyl adjacent to an activating group) is 1. The van der Waals surface area contributed by atoms with E-state index in [2.05, 4.69) is 34.4 Å². The van der Waals surface area contributed by atoms with E-state index >= 15 is 0 Å². The molecule has 4 aromatic rings. The lowest BCUT2D eigenvalue weighted by Gasteiger charge is -2.30. The lowest BCUT2D eigenvalue weighted by atomic mass is 9.90. The van der Waals surface area contributed by atoms with Gasteiger partial charge in [-0.25, -0.2) is 14.6 Å². The number of benzene rings is 2. The quantitative estimate of drug-likeness (QED) is 0.277. The van der Waals surface area contributed by atoms with Crippen LogP contribution in [-0.4, -0.2) is 44.8 Å². The van der Waals surface area contributed by atoms with Crippen LogP contribution in [0.15, 0.2) is 60.9 Å². The van der Waals surface area contributed by atoms with Crippen LogP contribution in [0.3, 0.4) is 0 Å². The molecular formula is C30H37N7O2. The van der Waals surface area contributed by atoms with Gasteiger partial charge in [-0.05, 0) is 81.5 Å².